The third-order valence-corrected chi connectivity index (χ3v) is 5.62. The lowest BCUT2D eigenvalue weighted by Crippen LogP contribution is -2.29. The number of nitrogens with zero attached hydrogens (tertiary/aromatic N) is 3. The highest BCUT2D eigenvalue weighted by atomic mass is 16.5. The third-order valence-electron chi connectivity index (χ3n) is 5.62. The molecule has 2 aliphatic rings. The van der Waals surface area contributed by atoms with Gasteiger partial charge in [-0.05, 0) is 31.4 Å². The maximum absolute atomic E-state index is 12.1. The number of aromatic nitrogens is 2. The monoisotopic (exact) mass is 354 g/mol. The van der Waals surface area contributed by atoms with Gasteiger partial charge in [-0.3, -0.25) is 14.4 Å². The first-order valence-corrected chi connectivity index (χ1v) is 9.27. The van der Waals surface area contributed by atoms with Crippen LogP contribution < -0.4 is 10.5 Å². The molecule has 6 heteroatoms. The number of ether oxygens (including phenoxy) is 1. The van der Waals surface area contributed by atoms with Gasteiger partial charge in [0.1, 0.15) is 5.75 Å². The van der Waals surface area contributed by atoms with Crippen molar-refractivity contribution in [1.82, 2.24) is 14.7 Å². The number of rotatable bonds is 6. The summed E-state index contributed by atoms with van der Waals surface area (Å²) in [6.45, 7) is 4.29. The number of amides is 1. The largest absolute Gasteiger partial charge is 0.490 e. The van der Waals surface area contributed by atoms with E-state index in [1.807, 2.05) is 43.0 Å². The Morgan fingerprint density at radius 1 is 1.31 bits per heavy atom. The molecule has 0 radical (unpaired) electrons. The van der Waals surface area contributed by atoms with Gasteiger partial charge < -0.3 is 10.5 Å². The van der Waals surface area contributed by atoms with Gasteiger partial charge in [-0.2, -0.15) is 5.10 Å². The first-order chi connectivity index (χ1) is 12.5. The molecule has 1 amide bonds. The van der Waals surface area contributed by atoms with Crippen LogP contribution in [0.2, 0.25) is 0 Å². The van der Waals surface area contributed by atoms with Crippen LogP contribution in [0.1, 0.15) is 35.6 Å². The van der Waals surface area contributed by atoms with Crippen LogP contribution in [-0.2, 0) is 18.4 Å². The highest BCUT2D eigenvalue weighted by molar-refractivity contribution is 5.78. The average molecular weight is 354 g/mol. The number of benzene rings is 1. The average Bonchev–Trinajstić information content (AvgIpc) is 3.24. The molecule has 2 heterocycles. The van der Waals surface area contributed by atoms with Gasteiger partial charge in [0.25, 0.3) is 0 Å². The third kappa shape index (κ3) is 3.33. The molecule has 1 aliphatic heterocycles. The van der Waals surface area contributed by atoms with Crippen molar-refractivity contribution in [3.63, 3.8) is 0 Å². The van der Waals surface area contributed by atoms with Gasteiger partial charge in [-0.1, -0.05) is 18.2 Å². The zero-order valence-electron chi connectivity index (χ0n) is 15.4. The Morgan fingerprint density at radius 2 is 2.08 bits per heavy atom. The molecule has 1 aliphatic carbocycles. The molecule has 0 bridgehead atoms. The number of para-hydroxylation sites is 1. The number of carbonyl (C=O) groups is 1. The van der Waals surface area contributed by atoms with Crippen LogP contribution in [0.4, 0.5) is 0 Å². The molecule has 6 nitrogen and oxygen atoms in total. The van der Waals surface area contributed by atoms with Crippen LogP contribution in [0.25, 0.3) is 0 Å². The van der Waals surface area contributed by atoms with Crippen molar-refractivity contribution in [3.05, 3.63) is 47.3 Å². The molecule has 0 unspecified atom stereocenters. The minimum atomic E-state index is -0.233. The van der Waals surface area contributed by atoms with E-state index in [1.54, 1.807) is 0 Å². The van der Waals surface area contributed by atoms with Gasteiger partial charge in [0.05, 0.1) is 18.2 Å². The lowest BCUT2D eigenvalue weighted by molar-refractivity contribution is -0.121. The molecule has 0 spiro atoms. The van der Waals surface area contributed by atoms with Crippen molar-refractivity contribution in [2.45, 2.75) is 38.3 Å². The number of primary amides is 1. The molecular weight excluding hydrogens is 328 g/mol. The van der Waals surface area contributed by atoms with Gasteiger partial charge in [-0.15, -0.1) is 0 Å². The van der Waals surface area contributed by atoms with Crippen LogP contribution >= 0.6 is 0 Å². The first kappa shape index (κ1) is 17.1. The van der Waals surface area contributed by atoms with E-state index in [0.29, 0.717) is 12.6 Å². The smallest absolute Gasteiger partial charge is 0.222 e. The number of nitrogens with two attached hydrogens (primary N) is 1. The Morgan fingerprint density at radius 3 is 2.73 bits per heavy atom. The molecule has 4 rings (SSSR count). The fourth-order valence-electron chi connectivity index (χ4n) is 3.85. The minimum Gasteiger partial charge on any atom is -0.490 e. The van der Waals surface area contributed by atoms with E-state index < -0.39 is 0 Å². The number of hydrogen-bond acceptors (Lipinski definition) is 4. The predicted molar refractivity (Wildman–Crippen MR) is 98.7 cm³/mol. The van der Waals surface area contributed by atoms with Crippen molar-refractivity contribution in [1.29, 1.82) is 0 Å². The Hall–Kier alpha value is -2.34. The quantitative estimate of drug-likeness (QED) is 0.861. The summed E-state index contributed by atoms with van der Waals surface area (Å²) in [4.78, 5) is 14.4. The maximum Gasteiger partial charge on any atom is 0.222 e. The van der Waals surface area contributed by atoms with E-state index >= 15 is 0 Å². The highest BCUT2D eigenvalue weighted by Gasteiger charge is 2.39. The van der Waals surface area contributed by atoms with Gasteiger partial charge in [0.15, 0.2) is 0 Å². The van der Waals surface area contributed by atoms with E-state index in [-0.39, 0.29) is 17.7 Å². The van der Waals surface area contributed by atoms with Crippen LogP contribution in [0, 0.1) is 12.8 Å². The van der Waals surface area contributed by atoms with E-state index in [1.165, 1.54) is 5.56 Å². The zero-order chi connectivity index (χ0) is 18.3. The summed E-state index contributed by atoms with van der Waals surface area (Å²) in [5, 5.41) is 4.34. The summed E-state index contributed by atoms with van der Waals surface area (Å²) in [6, 6.07) is 8.20. The number of likely N-dealkylation sites (tertiary alicyclic amines) is 1. The van der Waals surface area contributed by atoms with Crippen LogP contribution in [-0.4, -0.2) is 39.8 Å². The lowest BCUT2D eigenvalue weighted by Gasteiger charge is -2.18. The zero-order valence-corrected chi connectivity index (χ0v) is 15.4. The second kappa shape index (κ2) is 6.76. The second-order valence-corrected chi connectivity index (χ2v) is 7.54. The van der Waals surface area contributed by atoms with E-state index in [0.717, 1.165) is 42.9 Å². The van der Waals surface area contributed by atoms with Gasteiger partial charge in [-0.25, -0.2) is 0 Å². The number of aryl methyl sites for hydroxylation is 1. The predicted octanol–water partition coefficient (Wildman–Crippen LogP) is 1.97. The van der Waals surface area contributed by atoms with Crippen LogP contribution in [0.15, 0.2) is 30.5 Å². The molecule has 2 fully saturated rings. The molecule has 1 aromatic heterocycles. The standard InChI is InChI=1S/C20H26N4O2/c1-13-16(9-22-23(13)2)17-11-24(12-18(17)20(21)25)10-14-5-3-4-6-19(14)26-15-7-8-15/h3-6,9,15,17-18H,7-8,10-12H2,1-2H3,(H2,21,25)/t17-,18+/m1/s1. The summed E-state index contributed by atoms with van der Waals surface area (Å²) >= 11 is 0. The Bertz CT molecular complexity index is 812. The summed E-state index contributed by atoms with van der Waals surface area (Å²) in [5.41, 5.74) is 9.12. The molecule has 1 saturated carbocycles. The normalized spacial score (nSPS) is 23.3. The van der Waals surface area contributed by atoms with Crippen molar-refractivity contribution in [2.24, 2.45) is 18.7 Å². The fourth-order valence-corrected chi connectivity index (χ4v) is 3.85. The molecule has 1 aromatic carbocycles. The Kier molecular flexibility index (Phi) is 4.44. The Labute approximate surface area is 153 Å². The van der Waals surface area contributed by atoms with Crippen LogP contribution in [0.3, 0.4) is 0 Å². The topological polar surface area (TPSA) is 73.4 Å². The van der Waals surface area contributed by atoms with E-state index in [9.17, 15) is 4.79 Å². The highest BCUT2D eigenvalue weighted by Crippen LogP contribution is 2.36. The number of carbonyl (C=O) groups excluding carboxylic acids is 1. The summed E-state index contributed by atoms with van der Waals surface area (Å²) in [7, 11) is 1.93. The van der Waals surface area contributed by atoms with Crippen molar-refractivity contribution in [2.75, 3.05) is 13.1 Å². The molecular formula is C20H26N4O2. The lowest BCUT2D eigenvalue weighted by atomic mass is 9.89. The molecule has 2 aromatic rings. The minimum absolute atomic E-state index is 0.0951. The van der Waals surface area contributed by atoms with E-state index in [4.69, 9.17) is 10.5 Å². The first-order valence-electron chi connectivity index (χ1n) is 9.27. The van der Waals surface area contributed by atoms with Crippen LogP contribution in [0.5, 0.6) is 5.75 Å². The Balaban J connectivity index is 1.53. The van der Waals surface area contributed by atoms with Gasteiger partial charge >= 0.3 is 0 Å². The molecule has 2 N–H and O–H groups in total. The molecule has 26 heavy (non-hydrogen) atoms. The SMILES string of the molecule is Cc1c([C@H]2CN(Cc3ccccc3OC3CC3)C[C@@H]2C(N)=O)cnn1C. The summed E-state index contributed by atoms with van der Waals surface area (Å²) in [6.07, 6.45) is 4.54. The molecule has 2 atom stereocenters. The van der Waals surface area contributed by atoms with Crippen molar-refractivity contribution < 1.29 is 9.53 Å². The van der Waals surface area contributed by atoms with Crippen molar-refractivity contribution in [3.8, 4) is 5.75 Å². The van der Waals surface area contributed by atoms with Gasteiger partial charge in [0, 0.05) is 43.9 Å². The summed E-state index contributed by atoms with van der Waals surface area (Å²) < 4.78 is 7.90. The second-order valence-electron chi connectivity index (χ2n) is 7.54. The van der Waals surface area contributed by atoms with Gasteiger partial charge in [0.2, 0.25) is 5.91 Å². The molecule has 138 valence electrons. The number of hydrogen-bond donors (Lipinski definition) is 1. The fraction of sp³-hybridized carbons (Fsp3) is 0.500. The summed E-state index contributed by atoms with van der Waals surface area (Å²) in [5.74, 6) is 0.641. The maximum atomic E-state index is 12.1. The van der Waals surface area contributed by atoms with E-state index in [2.05, 4.69) is 16.1 Å². The van der Waals surface area contributed by atoms with Crippen molar-refractivity contribution >= 4 is 5.91 Å². The molecule has 1 saturated heterocycles.